The van der Waals surface area contributed by atoms with Crippen molar-refractivity contribution in [3.63, 3.8) is 0 Å². The molecule has 4 rings (SSSR count). The second-order valence-electron chi connectivity index (χ2n) is 6.98. The highest BCUT2D eigenvalue weighted by atomic mass is 35.5. The van der Waals surface area contributed by atoms with Crippen molar-refractivity contribution in [1.82, 2.24) is 24.7 Å². The molecule has 0 unspecified atom stereocenters. The number of rotatable bonds is 4. The third kappa shape index (κ3) is 3.36. The summed E-state index contributed by atoms with van der Waals surface area (Å²) in [5, 5.41) is 14.0. The molecule has 0 atom stereocenters. The van der Waals surface area contributed by atoms with Crippen molar-refractivity contribution in [2.45, 2.75) is 32.8 Å². The van der Waals surface area contributed by atoms with Crippen molar-refractivity contribution in [3.05, 3.63) is 46.4 Å². The first kappa shape index (κ1) is 18.8. The Bertz CT molecular complexity index is 1010. The van der Waals surface area contributed by atoms with Gasteiger partial charge in [-0.1, -0.05) is 23.7 Å². The van der Waals surface area contributed by atoms with Gasteiger partial charge in [-0.05, 0) is 43.9 Å². The van der Waals surface area contributed by atoms with Crippen LogP contribution >= 0.6 is 11.6 Å². The molecule has 0 N–H and O–H groups in total. The van der Waals surface area contributed by atoms with Gasteiger partial charge in [-0.25, -0.2) is 4.52 Å². The number of likely N-dealkylation sites (tertiary alicyclic amines) is 1. The van der Waals surface area contributed by atoms with Gasteiger partial charge in [0, 0.05) is 25.2 Å². The van der Waals surface area contributed by atoms with Crippen molar-refractivity contribution in [2.24, 2.45) is 0 Å². The maximum Gasteiger partial charge on any atom is 0.276 e. The monoisotopic (exact) mass is 399 g/mol. The number of nitrogens with zero attached hydrogens (tertiary/aromatic N) is 5. The number of carbonyl (C=O) groups is 1. The molecular weight excluding hydrogens is 378 g/mol. The third-order valence-electron chi connectivity index (χ3n) is 5.10. The van der Waals surface area contributed by atoms with Crippen LogP contribution in [-0.4, -0.2) is 50.8 Å². The SMILES string of the molecule is COCc1nn2c(C)c(C(=O)N3CCCCC3)nnc2c1-c1ccc(Cl)cc1. The van der Waals surface area contributed by atoms with E-state index in [1.165, 1.54) is 0 Å². The Kier molecular flexibility index (Phi) is 5.28. The molecule has 1 aromatic carbocycles. The number of fused-ring (bicyclic) bond motifs is 1. The molecule has 0 saturated carbocycles. The number of carbonyl (C=O) groups excluding carboxylic acids is 1. The maximum atomic E-state index is 12.9. The lowest BCUT2D eigenvalue weighted by Crippen LogP contribution is -2.37. The van der Waals surface area contributed by atoms with E-state index in [0.29, 0.717) is 28.7 Å². The zero-order chi connectivity index (χ0) is 19.7. The molecule has 0 spiro atoms. The Hall–Kier alpha value is -2.51. The molecule has 2 aromatic heterocycles. The van der Waals surface area contributed by atoms with Gasteiger partial charge >= 0.3 is 0 Å². The summed E-state index contributed by atoms with van der Waals surface area (Å²) < 4.78 is 7.03. The first-order valence-corrected chi connectivity index (χ1v) is 9.77. The molecule has 0 radical (unpaired) electrons. The minimum atomic E-state index is -0.0802. The summed E-state index contributed by atoms with van der Waals surface area (Å²) in [4.78, 5) is 14.8. The summed E-state index contributed by atoms with van der Waals surface area (Å²) >= 11 is 6.03. The summed E-state index contributed by atoms with van der Waals surface area (Å²) in [5.41, 5.74) is 4.13. The van der Waals surface area contributed by atoms with Crippen LogP contribution < -0.4 is 0 Å². The van der Waals surface area contributed by atoms with Gasteiger partial charge in [0.25, 0.3) is 5.91 Å². The van der Waals surface area contributed by atoms with Crippen LogP contribution in [0.5, 0.6) is 0 Å². The van der Waals surface area contributed by atoms with Crippen molar-refractivity contribution in [2.75, 3.05) is 20.2 Å². The predicted octanol–water partition coefficient (Wildman–Crippen LogP) is 3.53. The highest BCUT2D eigenvalue weighted by Crippen LogP contribution is 2.30. The number of aromatic nitrogens is 4. The van der Waals surface area contributed by atoms with Gasteiger partial charge in [0.15, 0.2) is 11.3 Å². The van der Waals surface area contributed by atoms with E-state index < -0.39 is 0 Å². The molecule has 0 aliphatic carbocycles. The number of ether oxygens (including phenoxy) is 1. The Labute approximate surface area is 168 Å². The van der Waals surface area contributed by atoms with E-state index >= 15 is 0 Å². The van der Waals surface area contributed by atoms with Crippen molar-refractivity contribution < 1.29 is 9.53 Å². The van der Waals surface area contributed by atoms with Crippen molar-refractivity contribution in [1.29, 1.82) is 0 Å². The maximum absolute atomic E-state index is 12.9. The first-order chi connectivity index (χ1) is 13.6. The van der Waals surface area contributed by atoms with Crippen LogP contribution in [0.4, 0.5) is 0 Å². The van der Waals surface area contributed by atoms with Crippen LogP contribution in [0.15, 0.2) is 24.3 Å². The molecule has 1 aliphatic rings. The van der Waals surface area contributed by atoms with E-state index in [2.05, 4.69) is 15.3 Å². The summed E-state index contributed by atoms with van der Waals surface area (Å²) in [7, 11) is 1.62. The minimum Gasteiger partial charge on any atom is -0.378 e. The van der Waals surface area contributed by atoms with Gasteiger partial charge in [0.1, 0.15) is 0 Å². The van der Waals surface area contributed by atoms with Crippen LogP contribution in [0.2, 0.25) is 5.02 Å². The molecule has 146 valence electrons. The average molecular weight is 400 g/mol. The molecule has 8 heteroatoms. The van der Waals surface area contributed by atoms with E-state index in [4.69, 9.17) is 16.3 Å². The number of halogens is 1. The molecule has 7 nitrogen and oxygen atoms in total. The number of hydrogen-bond donors (Lipinski definition) is 0. The third-order valence-corrected chi connectivity index (χ3v) is 5.35. The fraction of sp³-hybridized carbons (Fsp3) is 0.400. The molecule has 3 heterocycles. The van der Waals surface area contributed by atoms with E-state index in [1.54, 1.807) is 11.6 Å². The average Bonchev–Trinajstić information content (AvgIpc) is 3.08. The molecule has 1 amide bonds. The zero-order valence-corrected chi connectivity index (χ0v) is 16.7. The molecule has 0 bridgehead atoms. The fourth-order valence-corrected chi connectivity index (χ4v) is 3.77. The molecule has 1 fully saturated rings. The Morgan fingerprint density at radius 3 is 2.54 bits per heavy atom. The molecule has 1 saturated heterocycles. The summed E-state index contributed by atoms with van der Waals surface area (Å²) in [6, 6.07) is 7.49. The summed E-state index contributed by atoms with van der Waals surface area (Å²) in [5.74, 6) is -0.0802. The van der Waals surface area contributed by atoms with E-state index in [1.807, 2.05) is 36.1 Å². The number of benzene rings is 1. The second kappa shape index (κ2) is 7.85. The van der Waals surface area contributed by atoms with E-state index in [-0.39, 0.29) is 5.91 Å². The number of amides is 1. The zero-order valence-electron chi connectivity index (χ0n) is 16.0. The van der Waals surface area contributed by atoms with Gasteiger partial charge in [-0.2, -0.15) is 5.10 Å². The largest absolute Gasteiger partial charge is 0.378 e. The lowest BCUT2D eigenvalue weighted by molar-refractivity contribution is 0.0715. The number of hydrogen-bond acceptors (Lipinski definition) is 5. The Morgan fingerprint density at radius 1 is 1.14 bits per heavy atom. The van der Waals surface area contributed by atoms with Crippen molar-refractivity contribution in [3.8, 4) is 11.1 Å². The molecule has 3 aromatic rings. The van der Waals surface area contributed by atoms with Gasteiger partial charge < -0.3 is 9.64 Å². The van der Waals surface area contributed by atoms with Gasteiger partial charge in [0.2, 0.25) is 0 Å². The number of aryl methyl sites for hydroxylation is 1. The topological polar surface area (TPSA) is 72.6 Å². The van der Waals surface area contributed by atoms with E-state index in [9.17, 15) is 4.79 Å². The lowest BCUT2D eigenvalue weighted by atomic mass is 10.1. The summed E-state index contributed by atoms with van der Waals surface area (Å²) in [6.45, 7) is 3.72. The molecule has 1 aliphatic heterocycles. The smallest absolute Gasteiger partial charge is 0.276 e. The van der Waals surface area contributed by atoms with Crippen LogP contribution in [-0.2, 0) is 11.3 Å². The lowest BCUT2D eigenvalue weighted by Gasteiger charge is -2.26. The normalized spacial score (nSPS) is 14.6. The van der Waals surface area contributed by atoms with E-state index in [0.717, 1.165) is 49.2 Å². The van der Waals surface area contributed by atoms with Crippen LogP contribution in [0.3, 0.4) is 0 Å². The first-order valence-electron chi connectivity index (χ1n) is 9.39. The van der Waals surface area contributed by atoms with Crippen LogP contribution in [0.1, 0.15) is 41.1 Å². The molecule has 28 heavy (non-hydrogen) atoms. The highest BCUT2D eigenvalue weighted by molar-refractivity contribution is 6.30. The van der Waals surface area contributed by atoms with Crippen molar-refractivity contribution >= 4 is 23.2 Å². The number of methoxy groups -OCH3 is 1. The summed E-state index contributed by atoms with van der Waals surface area (Å²) in [6.07, 6.45) is 3.22. The molecular formula is C20H22ClN5O2. The van der Waals surface area contributed by atoms with Crippen LogP contribution in [0.25, 0.3) is 16.8 Å². The quantitative estimate of drug-likeness (QED) is 0.671. The fourth-order valence-electron chi connectivity index (χ4n) is 3.64. The van der Waals surface area contributed by atoms with Gasteiger partial charge in [-0.15, -0.1) is 10.2 Å². The predicted molar refractivity (Wildman–Crippen MR) is 106 cm³/mol. The minimum absolute atomic E-state index is 0.0802. The highest BCUT2D eigenvalue weighted by Gasteiger charge is 2.25. The second-order valence-corrected chi connectivity index (χ2v) is 7.42. The Morgan fingerprint density at radius 2 is 1.86 bits per heavy atom. The Balaban J connectivity index is 1.82. The standard InChI is InChI=1S/C20H22ClN5O2/c1-13-18(20(27)25-10-4-3-5-11-25)22-23-19-17(14-6-8-15(21)9-7-14)16(12-28-2)24-26(13)19/h6-9H,3-5,10-12H2,1-2H3. The number of piperidine rings is 1. The van der Waals surface area contributed by atoms with Gasteiger partial charge in [-0.3, -0.25) is 4.79 Å². The van der Waals surface area contributed by atoms with Gasteiger partial charge in [0.05, 0.1) is 23.6 Å². The van der Waals surface area contributed by atoms with Crippen LogP contribution in [0, 0.1) is 6.92 Å².